The van der Waals surface area contributed by atoms with E-state index in [0.717, 1.165) is 30.7 Å². The number of hydrogen-bond donors (Lipinski definition) is 0. The molecule has 0 atom stereocenters. The zero-order valence-corrected chi connectivity index (χ0v) is 7.80. The number of nitrogens with zero attached hydrogens (tertiary/aromatic N) is 1. The Kier molecular flexibility index (Phi) is 2.17. The molecule has 0 aromatic carbocycles. The average Bonchev–Trinajstić information content (AvgIpc) is 2.69. The van der Waals surface area contributed by atoms with E-state index in [-0.39, 0.29) is 5.78 Å². The van der Waals surface area contributed by atoms with Gasteiger partial charge in [-0.05, 0) is 19.3 Å². The number of aromatic nitrogens is 1. The van der Waals surface area contributed by atoms with Gasteiger partial charge in [-0.15, -0.1) is 0 Å². The van der Waals surface area contributed by atoms with Gasteiger partial charge in [0.1, 0.15) is 11.5 Å². The van der Waals surface area contributed by atoms with Crippen molar-refractivity contribution in [3.8, 4) is 0 Å². The summed E-state index contributed by atoms with van der Waals surface area (Å²) in [7, 11) is 0. The van der Waals surface area contributed by atoms with Crippen LogP contribution in [0, 0.1) is 0 Å². The third-order valence-electron chi connectivity index (χ3n) is 2.54. The molecule has 0 spiro atoms. The number of Topliss-reactive ketones (excluding diaryl/α,β-unsaturated/α-hetero) is 1. The standard InChI is InChI=1S/C10H13NO2/c1-2-7(12)6-10-8-4-3-5-9(8)11-13-10/h2-6H2,1H3. The van der Waals surface area contributed by atoms with Crippen LogP contribution >= 0.6 is 0 Å². The highest BCUT2D eigenvalue weighted by molar-refractivity contribution is 5.80. The van der Waals surface area contributed by atoms with Crippen LogP contribution in [0.4, 0.5) is 0 Å². The average molecular weight is 179 g/mol. The Morgan fingerprint density at radius 1 is 1.54 bits per heavy atom. The largest absolute Gasteiger partial charge is 0.360 e. The first-order chi connectivity index (χ1) is 6.31. The van der Waals surface area contributed by atoms with E-state index in [0.29, 0.717) is 12.8 Å². The van der Waals surface area contributed by atoms with E-state index in [1.807, 2.05) is 6.92 Å². The summed E-state index contributed by atoms with van der Waals surface area (Å²) in [5.74, 6) is 1.03. The summed E-state index contributed by atoms with van der Waals surface area (Å²) in [6, 6.07) is 0. The molecule has 1 aromatic heterocycles. The molecule has 0 unspecified atom stereocenters. The SMILES string of the molecule is CCC(=O)Cc1onc2c1CCC2. The number of carbonyl (C=O) groups is 1. The van der Waals surface area contributed by atoms with Crippen molar-refractivity contribution in [3.63, 3.8) is 0 Å². The van der Waals surface area contributed by atoms with Crippen molar-refractivity contribution >= 4 is 5.78 Å². The lowest BCUT2D eigenvalue weighted by Gasteiger charge is -1.94. The van der Waals surface area contributed by atoms with Gasteiger partial charge in [-0.2, -0.15) is 0 Å². The first-order valence-electron chi connectivity index (χ1n) is 4.79. The van der Waals surface area contributed by atoms with Crippen LogP contribution < -0.4 is 0 Å². The summed E-state index contributed by atoms with van der Waals surface area (Å²) < 4.78 is 5.14. The van der Waals surface area contributed by atoms with Crippen molar-refractivity contribution in [2.45, 2.75) is 39.0 Å². The fourth-order valence-electron chi connectivity index (χ4n) is 1.74. The predicted molar refractivity (Wildman–Crippen MR) is 47.5 cm³/mol. The molecule has 0 radical (unpaired) electrons. The summed E-state index contributed by atoms with van der Waals surface area (Å²) in [5.41, 5.74) is 2.26. The van der Waals surface area contributed by atoms with Gasteiger partial charge in [0, 0.05) is 12.0 Å². The third kappa shape index (κ3) is 1.50. The molecule has 0 fully saturated rings. The van der Waals surface area contributed by atoms with Crippen LogP contribution in [-0.4, -0.2) is 10.9 Å². The summed E-state index contributed by atoms with van der Waals surface area (Å²) in [5, 5.41) is 3.96. The molecule has 0 N–H and O–H groups in total. The molecule has 0 aliphatic heterocycles. The zero-order chi connectivity index (χ0) is 9.26. The van der Waals surface area contributed by atoms with Crippen LogP contribution in [-0.2, 0) is 24.1 Å². The van der Waals surface area contributed by atoms with Gasteiger partial charge in [0.25, 0.3) is 0 Å². The van der Waals surface area contributed by atoms with Gasteiger partial charge >= 0.3 is 0 Å². The fourth-order valence-corrected chi connectivity index (χ4v) is 1.74. The summed E-state index contributed by atoms with van der Waals surface area (Å²) >= 11 is 0. The molecule has 1 aliphatic rings. The Hall–Kier alpha value is -1.12. The van der Waals surface area contributed by atoms with Crippen molar-refractivity contribution < 1.29 is 9.32 Å². The number of ketones is 1. The molecular formula is C10H13NO2. The molecule has 3 heteroatoms. The third-order valence-corrected chi connectivity index (χ3v) is 2.54. The Labute approximate surface area is 77.1 Å². The molecule has 0 amide bonds. The lowest BCUT2D eigenvalue weighted by Crippen LogP contribution is -2.01. The van der Waals surface area contributed by atoms with Gasteiger partial charge in [0.15, 0.2) is 0 Å². The number of carbonyl (C=O) groups excluding carboxylic acids is 1. The van der Waals surface area contributed by atoms with Crippen molar-refractivity contribution in [1.82, 2.24) is 5.16 Å². The van der Waals surface area contributed by atoms with E-state index in [2.05, 4.69) is 5.16 Å². The summed E-state index contributed by atoms with van der Waals surface area (Å²) in [6.07, 6.45) is 4.21. The minimum absolute atomic E-state index is 0.228. The van der Waals surface area contributed by atoms with Crippen LogP contribution in [0.15, 0.2) is 4.52 Å². The lowest BCUT2D eigenvalue weighted by atomic mass is 10.1. The number of fused-ring (bicyclic) bond motifs is 1. The number of aryl methyl sites for hydroxylation is 1. The predicted octanol–water partition coefficient (Wildman–Crippen LogP) is 1.68. The van der Waals surface area contributed by atoms with E-state index in [9.17, 15) is 4.79 Å². The monoisotopic (exact) mass is 179 g/mol. The molecular weight excluding hydrogens is 166 g/mol. The van der Waals surface area contributed by atoms with E-state index < -0.39 is 0 Å². The molecule has 70 valence electrons. The first kappa shape index (κ1) is 8.48. The summed E-state index contributed by atoms with van der Waals surface area (Å²) in [4.78, 5) is 11.2. The van der Waals surface area contributed by atoms with Crippen LogP contribution in [0.2, 0.25) is 0 Å². The van der Waals surface area contributed by atoms with Crippen LogP contribution in [0.5, 0.6) is 0 Å². The molecule has 0 bridgehead atoms. The molecule has 3 nitrogen and oxygen atoms in total. The van der Waals surface area contributed by atoms with Crippen molar-refractivity contribution in [2.24, 2.45) is 0 Å². The number of hydrogen-bond acceptors (Lipinski definition) is 3. The van der Waals surface area contributed by atoms with Gasteiger partial charge in [-0.3, -0.25) is 4.79 Å². The van der Waals surface area contributed by atoms with Gasteiger partial charge < -0.3 is 4.52 Å². The molecule has 1 aromatic rings. The van der Waals surface area contributed by atoms with E-state index in [1.165, 1.54) is 5.56 Å². The molecule has 0 saturated heterocycles. The molecule has 2 rings (SSSR count). The molecule has 0 saturated carbocycles. The van der Waals surface area contributed by atoms with Crippen LogP contribution in [0.1, 0.15) is 36.8 Å². The molecule has 13 heavy (non-hydrogen) atoms. The molecule has 1 aliphatic carbocycles. The maximum atomic E-state index is 11.2. The Bertz CT molecular complexity index is 328. The highest BCUT2D eigenvalue weighted by Crippen LogP contribution is 2.24. The smallest absolute Gasteiger partial charge is 0.147 e. The Morgan fingerprint density at radius 3 is 3.15 bits per heavy atom. The van der Waals surface area contributed by atoms with E-state index in [1.54, 1.807) is 0 Å². The van der Waals surface area contributed by atoms with Gasteiger partial charge in [0.05, 0.1) is 12.1 Å². The fraction of sp³-hybridized carbons (Fsp3) is 0.600. The van der Waals surface area contributed by atoms with Crippen LogP contribution in [0.3, 0.4) is 0 Å². The van der Waals surface area contributed by atoms with E-state index in [4.69, 9.17) is 4.52 Å². The van der Waals surface area contributed by atoms with Crippen molar-refractivity contribution in [1.29, 1.82) is 0 Å². The molecule has 1 heterocycles. The summed E-state index contributed by atoms with van der Waals surface area (Å²) in [6.45, 7) is 1.87. The quantitative estimate of drug-likeness (QED) is 0.709. The normalized spacial score (nSPS) is 14.5. The first-order valence-corrected chi connectivity index (χ1v) is 4.79. The Morgan fingerprint density at radius 2 is 2.38 bits per heavy atom. The van der Waals surface area contributed by atoms with Crippen LogP contribution in [0.25, 0.3) is 0 Å². The second kappa shape index (κ2) is 3.32. The topological polar surface area (TPSA) is 43.1 Å². The lowest BCUT2D eigenvalue weighted by molar-refractivity contribution is -0.118. The second-order valence-electron chi connectivity index (χ2n) is 3.45. The maximum absolute atomic E-state index is 11.2. The van der Waals surface area contributed by atoms with Gasteiger partial charge in [0.2, 0.25) is 0 Å². The minimum atomic E-state index is 0.228. The zero-order valence-electron chi connectivity index (χ0n) is 7.80. The van der Waals surface area contributed by atoms with Gasteiger partial charge in [-0.25, -0.2) is 0 Å². The van der Waals surface area contributed by atoms with Crippen molar-refractivity contribution in [3.05, 3.63) is 17.0 Å². The van der Waals surface area contributed by atoms with Gasteiger partial charge in [-0.1, -0.05) is 12.1 Å². The minimum Gasteiger partial charge on any atom is -0.360 e. The van der Waals surface area contributed by atoms with Crippen molar-refractivity contribution in [2.75, 3.05) is 0 Å². The maximum Gasteiger partial charge on any atom is 0.147 e. The Balaban J connectivity index is 2.17. The number of rotatable bonds is 3. The highest BCUT2D eigenvalue weighted by atomic mass is 16.5. The highest BCUT2D eigenvalue weighted by Gasteiger charge is 2.21. The van der Waals surface area contributed by atoms with E-state index >= 15 is 0 Å². The second-order valence-corrected chi connectivity index (χ2v) is 3.45.